The van der Waals surface area contributed by atoms with Crippen molar-refractivity contribution < 1.29 is 23.8 Å². The van der Waals surface area contributed by atoms with Crippen LogP contribution in [0.15, 0.2) is 53.2 Å². The molecule has 2 aromatic rings. The fraction of sp³-hybridized carbons (Fsp3) is 0.0667. The van der Waals surface area contributed by atoms with Crippen molar-refractivity contribution in [2.45, 2.75) is 0 Å². The number of ether oxygens (including phenoxy) is 1. The fourth-order valence-corrected chi connectivity index (χ4v) is 1.54. The molecule has 0 radical (unpaired) electrons. The molecule has 0 unspecified atom stereocenters. The average Bonchev–Trinajstić information content (AvgIpc) is 2.97. The molecule has 0 saturated heterocycles. The van der Waals surface area contributed by atoms with Crippen molar-refractivity contribution in [3.8, 4) is 5.75 Å². The number of carboxylic acid groups (broad SMARTS) is 1. The monoisotopic (exact) mass is 287 g/mol. The van der Waals surface area contributed by atoms with Gasteiger partial charge in [0, 0.05) is 17.8 Å². The van der Waals surface area contributed by atoms with Crippen molar-refractivity contribution in [1.29, 1.82) is 0 Å². The van der Waals surface area contributed by atoms with Gasteiger partial charge in [-0.05, 0) is 30.3 Å². The van der Waals surface area contributed by atoms with E-state index in [9.17, 15) is 9.59 Å². The first-order valence-corrected chi connectivity index (χ1v) is 6.11. The predicted octanol–water partition coefficient (Wildman–Crippen LogP) is 2.39. The van der Waals surface area contributed by atoms with Crippen molar-refractivity contribution in [3.05, 3.63) is 54.5 Å². The van der Waals surface area contributed by atoms with Gasteiger partial charge in [-0.2, -0.15) is 0 Å². The number of nitrogens with one attached hydrogen (secondary N) is 1. The number of furan rings is 1. The molecule has 2 N–H and O–H groups in total. The van der Waals surface area contributed by atoms with Gasteiger partial charge in [-0.15, -0.1) is 0 Å². The fourth-order valence-electron chi connectivity index (χ4n) is 1.54. The first-order chi connectivity index (χ1) is 10.1. The molecule has 108 valence electrons. The average molecular weight is 287 g/mol. The summed E-state index contributed by atoms with van der Waals surface area (Å²) in [7, 11) is 0. The third-order valence-electron chi connectivity index (χ3n) is 2.41. The highest BCUT2D eigenvalue weighted by atomic mass is 16.5. The molecule has 0 atom stereocenters. The van der Waals surface area contributed by atoms with Crippen molar-refractivity contribution in [3.63, 3.8) is 0 Å². The number of carbonyl (C=O) groups is 2. The molecule has 0 saturated carbocycles. The van der Waals surface area contributed by atoms with Crippen molar-refractivity contribution in [2.24, 2.45) is 0 Å². The Kier molecular flexibility index (Phi) is 4.76. The van der Waals surface area contributed by atoms with Crippen LogP contribution in [-0.2, 0) is 9.59 Å². The number of aliphatic carboxylic acids is 1. The van der Waals surface area contributed by atoms with E-state index in [0.717, 1.165) is 0 Å². The van der Waals surface area contributed by atoms with E-state index in [0.29, 0.717) is 17.2 Å². The maximum Gasteiger partial charge on any atom is 0.341 e. The van der Waals surface area contributed by atoms with Crippen LogP contribution in [0.1, 0.15) is 5.76 Å². The minimum absolute atomic E-state index is 0.332. The van der Waals surface area contributed by atoms with Gasteiger partial charge in [0.1, 0.15) is 11.5 Å². The lowest BCUT2D eigenvalue weighted by Gasteiger charge is -2.06. The van der Waals surface area contributed by atoms with Gasteiger partial charge in [0.2, 0.25) is 5.91 Å². The lowest BCUT2D eigenvalue weighted by molar-refractivity contribution is -0.139. The maximum atomic E-state index is 11.7. The lowest BCUT2D eigenvalue weighted by atomic mass is 10.3. The van der Waals surface area contributed by atoms with Gasteiger partial charge < -0.3 is 19.6 Å². The minimum atomic E-state index is -1.06. The highest BCUT2D eigenvalue weighted by molar-refractivity contribution is 6.01. The molecule has 21 heavy (non-hydrogen) atoms. The molecule has 1 aromatic heterocycles. The van der Waals surface area contributed by atoms with Crippen LogP contribution in [0.4, 0.5) is 5.69 Å². The molecule has 1 aromatic carbocycles. The first kappa shape index (κ1) is 14.4. The zero-order valence-corrected chi connectivity index (χ0v) is 11.0. The molecule has 0 aliphatic carbocycles. The van der Waals surface area contributed by atoms with Crippen LogP contribution in [-0.4, -0.2) is 23.6 Å². The predicted molar refractivity (Wildman–Crippen MR) is 75.9 cm³/mol. The highest BCUT2D eigenvalue weighted by Crippen LogP contribution is 2.17. The number of carbonyl (C=O) groups excluding carboxylic acids is 1. The molecule has 6 heteroatoms. The van der Waals surface area contributed by atoms with E-state index in [1.807, 2.05) is 0 Å². The molecule has 0 aliphatic heterocycles. The molecule has 0 fully saturated rings. The third-order valence-corrected chi connectivity index (χ3v) is 2.41. The summed E-state index contributed by atoms with van der Waals surface area (Å²) in [6.07, 6.45) is 4.39. The van der Waals surface area contributed by atoms with Crippen molar-refractivity contribution in [2.75, 3.05) is 11.9 Å². The summed E-state index contributed by atoms with van der Waals surface area (Å²) in [4.78, 5) is 22.1. The van der Waals surface area contributed by atoms with Crippen LogP contribution in [0.3, 0.4) is 0 Å². The summed E-state index contributed by atoms with van der Waals surface area (Å²) in [5.74, 6) is -0.457. The Morgan fingerprint density at radius 1 is 1.29 bits per heavy atom. The van der Waals surface area contributed by atoms with Crippen LogP contribution < -0.4 is 10.1 Å². The summed E-state index contributed by atoms with van der Waals surface area (Å²) in [6.45, 7) is -0.435. The molecule has 0 spiro atoms. The van der Waals surface area contributed by atoms with E-state index in [1.54, 1.807) is 42.5 Å². The Morgan fingerprint density at radius 3 is 2.86 bits per heavy atom. The van der Waals surface area contributed by atoms with Gasteiger partial charge >= 0.3 is 5.97 Å². The second-order valence-corrected chi connectivity index (χ2v) is 4.05. The van der Waals surface area contributed by atoms with Crippen molar-refractivity contribution in [1.82, 2.24) is 0 Å². The van der Waals surface area contributed by atoms with Crippen LogP contribution in [0.2, 0.25) is 0 Å². The molecule has 0 bridgehead atoms. The minimum Gasteiger partial charge on any atom is -0.482 e. The number of anilines is 1. The summed E-state index contributed by atoms with van der Waals surface area (Å²) in [6, 6.07) is 9.93. The van der Waals surface area contributed by atoms with Gasteiger partial charge in [-0.1, -0.05) is 6.07 Å². The van der Waals surface area contributed by atoms with E-state index < -0.39 is 12.6 Å². The second kappa shape index (κ2) is 6.95. The number of amides is 1. The first-order valence-electron chi connectivity index (χ1n) is 6.11. The summed E-state index contributed by atoms with van der Waals surface area (Å²) >= 11 is 0. The van der Waals surface area contributed by atoms with E-state index in [4.69, 9.17) is 14.3 Å². The Bertz CT molecular complexity index is 646. The lowest BCUT2D eigenvalue weighted by Crippen LogP contribution is -2.10. The Balaban J connectivity index is 1.94. The number of benzene rings is 1. The smallest absolute Gasteiger partial charge is 0.341 e. The van der Waals surface area contributed by atoms with Gasteiger partial charge in [-0.25, -0.2) is 4.79 Å². The number of hydrogen-bond donors (Lipinski definition) is 2. The van der Waals surface area contributed by atoms with Gasteiger partial charge in [0.15, 0.2) is 6.61 Å². The quantitative estimate of drug-likeness (QED) is 0.796. The Morgan fingerprint density at radius 2 is 2.14 bits per heavy atom. The van der Waals surface area contributed by atoms with Gasteiger partial charge in [0.05, 0.1) is 6.26 Å². The largest absolute Gasteiger partial charge is 0.482 e. The third kappa shape index (κ3) is 4.87. The van der Waals surface area contributed by atoms with Crippen LogP contribution in [0, 0.1) is 0 Å². The maximum absolute atomic E-state index is 11.7. The van der Waals surface area contributed by atoms with E-state index in [-0.39, 0.29) is 5.91 Å². The SMILES string of the molecule is O=C(O)COc1cccc(NC(=O)/C=C/c2ccco2)c1. The normalized spacial score (nSPS) is 10.5. The number of hydrogen-bond acceptors (Lipinski definition) is 4. The summed E-state index contributed by atoms with van der Waals surface area (Å²) < 4.78 is 10.1. The Labute approximate surface area is 120 Å². The van der Waals surface area contributed by atoms with E-state index in [1.165, 1.54) is 12.3 Å². The Hall–Kier alpha value is -3.02. The molecule has 2 rings (SSSR count). The van der Waals surface area contributed by atoms with Gasteiger partial charge in [-0.3, -0.25) is 4.79 Å². The van der Waals surface area contributed by atoms with Crippen LogP contribution >= 0.6 is 0 Å². The van der Waals surface area contributed by atoms with Gasteiger partial charge in [0.25, 0.3) is 0 Å². The molecule has 1 heterocycles. The van der Waals surface area contributed by atoms with Crippen LogP contribution in [0.25, 0.3) is 6.08 Å². The van der Waals surface area contributed by atoms with Crippen molar-refractivity contribution >= 4 is 23.6 Å². The molecule has 0 aliphatic rings. The number of carboxylic acids is 1. The molecule has 6 nitrogen and oxygen atoms in total. The summed E-state index contributed by atoms with van der Waals surface area (Å²) in [5.41, 5.74) is 0.506. The number of rotatable bonds is 6. The second-order valence-electron chi connectivity index (χ2n) is 4.05. The highest BCUT2D eigenvalue weighted by Gasteiger charge is 2.02. The standard InChI is InChI=1S/C15H13NO5/c17-14(7-6-12-5-2-8-20-12)16-11-3-1-4-13(9-11)21-10-15(18)19/h1-9H,10H2,(H,16,17)(H,18,19)/b7-6+. The van der Waals surface area contributed by atoms with E-state index in [2.05, 4.69) is 5.32 Å². The zero-order chi connectivity index (χ0) is 15.1. The van der Waals surface area contributed by atoms with Crippen LogP contribution in [0.5, 0.6) is 5.75 Å². The summed E-state index contributed by atoms with van der Waals surface area (Å²) in [5, 5.41) is 11.2. The molecular formula is C15H13NO5. The van der Waals surface area contributed by atoms with E-state index >= 15 is 0 Å². The topological polar surface area (TPSA) is 88.8 Å². The molecule has 1 amide bonds. The molecular weight excluding hydrogens is 274 g/mol. The zero-order valence-electron chi connectivity index (χ0n) is 11.0.